The fourth-order valence-corrected chi connectivity index (χ4v) is 3.85. The molecular formula is C21H35IN4O3. The van der Waals surface area contributed by atoms with Gasteiger partial charge in [0.15, 0.2) is 17.5 Å². The number of nitrogens with zero attached hydrogens (tertiary/aromatic N) is 3. The molecule has 7 nitrogen and oxygen atoms in total. The maximum Gasteiger partial charge on any atom is 0.194 e. The van der Waals surface area contributed by atoms with E-state index >= 15 is 0 Å². The summed E-state index contributed by atoms with van der Waals surface area (Å²) in [5.74, 6) is 2.53. The molecule has 0 radical (unpaired) electrons. The zero-order valence-electron chi connectivity index (χ0n) is 17.9. The lowest BCUT2D eigenvalue weighted by molar-refractivity contribution is 0.0195. The highest BCUT2D eigenvalue weighted by atomic mass is 127. The second-order valence-corrected chi connectivity index (χ2v) is 7.13. The molecule has 1 unspecified atom stereocenters. The summed E-state index contributed by atoms with van der Waals surface area (Å²) in [6.45, 7) is 12.0. The summed E-state index contributed by atoms with van der Waals surface area (Å²) in [4.78, 5) is 9.84. The van der Waals surface area contributed by atoms with E-state index in [0.717, 1.165) is 69.0 Å². The summed E-state index contributed by atoms with van der Waals surface area (Å²) < 4.78 is 16.6. The highest BCUT2D eigenvalue weighted by Crippen LogP contribution is 2.28. The Bertz CT molecular complexity index is 653. The molecule has 0 spiro atoms. The number of halogens is 1. The number of rotatable bonds is 7. The van der Waals surface area contributed by atoms with Crippen molar-refractivity contribution < 1.29 is 14.2 Å². The third-order valence-electron chi connectivity index (χ3n) is 5.30. The van der Waals surface area contributed by atoms with Crippen molar-refractivity contribution in [3.05, 3.63) is 23.8 Å². The van der Waals surface area contributed by atoms with E-state index in [9.17, 15) is 0 Å². The van der Waals surface area contributed by atoms with Crippen molar-refractivity contribution in [2.75, 3.05) is 59.7 Å². The third-order valence-corrected chi connectivity index (χ3v) is 5.30. The van der Waals surface area contributed by atoms with E-state index < -0.39 is 0 Å². The highest BCUT2D eigenvalue weighted by Gasteiger charge is 2.30. The Kier molecular flexibility index (Phi) is 10.3. The van der Waals surface area contributed by atoms with E-state index in [1.807, 2.05) is 19.1 Å². The fourth-order valence-electron chi connectivity index (χ4n) is 3.85. The Morgan fingerprint density at radius 2 is 2.00 bits per heavy atom. The molecular weight excluding hydrogens is 483 g/mol. The minimum absolute atomic E-state index is 0. The minimum atomic E-state index is 0. The maximum atomic E-state index is 5.69. The number of aliphatic imine (C=N–C) groups is 1. The average molecular weight is 518 g/mol. The molecule has 2 aliphatic heterocycles. The van der Waals surface area contributed by atoms with Gasteiger partial charge in [0.1, 0.15) is 0 Å². The lowest BCUT2D eigenvalue weighted by Gasteiger charge is -2.32. The van der Waals surface area contributed by atoms with Crippen LogP contribution in [0.5, 0.6) is 11.5 Å². The monoisotopic (exact) mass is 518 g/mol. The lowest BCUT2D eigenvalue weighted by Crippen LogP contribution is -2.46. The van der Waals surface area contributed by atoms with Crippen LogP contribution in [-0.4, -0.2) is 81.5 Å². The standard InChI is InChI=1S/C21H34N4O3.HI/c1-4-22-21(25-9-8-18(16-25)24-10-12-27-13-11-24)23-15-17-6-7-19(26-3)20(14-17)28-5-2;/h6-7,14,18H,4-5,8-13,15-16H2,1-3H3,(H,22,23);1H. The van der Waals surface area contributed by atoms with Gasteiger partial charge < -0.3 is 24.4 Å². The zero-order chi connectivity index (χ0) is 19.8. The molecule has 29 heavy (non-hydrogen) atoms. The molecule has 3 rings (SSSR count). The van der Waals surface area contributed by atoms with Crippen molar-refractivity contribution in [2.45, 2.75) is 32.9 Å². The van der Waals surface area contributed by atoms with Crippen LogP contribution in [0.15, 0.2) is 23.2 Å². The molecule has 0 amide bonds. The Labute approximate surface area is 191 Å². The third kappa shape index (κ3) is 6.62. The minimum Gasteiger partial charge on any atom is -0.493 e. The molecule has 0 aromatic heterocycles. The van der Waals surface area contributed by atoms with E-state index in [1.54, 1.807) is 7.11 Å². The van der Waals surface area contributed by atoms with Crippen LogP contribution < -0.4 is 14.8 Å². The van der Waals surface area contributed by atoms with Gasteiger partial charge in [0.2, 0.25) is 0 Å². The topological polar surface area (TPSA) is 58.6 Å². The van der Waals surface area contributed by atoms with Crippen LogP contribution in [0.25, 0.3) is 0 Å². The number of methoxy groups -OCH3 is 1. The van der Waals surface area contributed by atoms with Crippen LogP contribution in [0.1, 0.15) is 25.8 Å². The number of hydrogen-bond acceptors (Lipinski definition) is 5. The molecule has 8 heteroatoms. The van der Waals surface area contributed by atoms with Crippen LogP contribution in [0.4, 0.5) is 0 Å². The van der Waals surface area contributed by atoms with Gasteiger partial charge in [-0.1, -0.05) is 6.07 Å². The number of benzene rings is 1. The number of morpholine rings is 1. The Balaban J connectivity index is 0.00000300. The molecule has 0 saturated carbocycles. The average Bonchev–Trinajstić information content (AvgIpc) is 3.22. The van der Waals surface area contributed by atoms with E-state index in [4.69, 9.17) is 19.2 Å². The molecule has 2 saturated heterocycles. The van der Waals surface area contributed by atoms with E-state index in [0.29, 0.717) is 19.2 Å². The Hall–Kier alpha value is -1.26. The smallest absolute Gasteiger partial charge is 0.194 e. The Morgan fingerprint density at radius 3 is 2.69 bits per heavy atom. The number of hydrogen-bond donors (Lipinski definition) is 1. The van der Waals surface area contributed by atoms with Crippen LogP contribution in [0.3, 0.4) is 0 Å². The van der Waals surface area contributed by atoms with Gasteiger partial charge in [-0.25, -0.2) is 4.99 Å². The predicted molar refractivity (Wildman–Crippen MR) is 127 cm³/mol. The van der Waals surface area contributed by atoms with Gasteiger partial charge in [-0.2, -0.15) is 0 Å². The lowest BCUT2D eigenvalue weighted by atomic mass is 10.2. The maximum absolute atomic E-state index is 5.69. The summed E-state index contributed by atoms with van der Waals surface area (Å²) in [7, 11) is 1.66. The summed E-state index contributed by atoms with van der Waals surface area (Å²) in [5.41, 5.74) is 1.11. The number of ether oxygens (including phenoxy) is 3. The number of likely N-dealkylation sites (tertiary alicyclic amines) is 1. The molecule has 0 aliphatic carbocycles. The molecule has 2 fully saturated rings. The Morgan fingerprint density at radius 1 is 1.21 bits per heavy atom. The first-order chi connectivity index (χ1) is 13.7. The molecule has 1 N–H and O–H groups in total. The number of guanidine groups is 1. The molecule has 164 valence electrons. The van der Waals surface area contributed by atoms with Gasteiger partial charge >= 0.3 is 0 Å². The van der Waals surface area contributed by atoms with Crippen molar-refractivity contribution >= 4 is 29.9 Å². The van der Waals surface area contributed by atoms with Crippen LogP contribution in [-0.2, 0) is 11.3 Å². The number of nitrogens with one attached hydrogen (secondary N) is 1. The molecule has 1 aromatic rings. The van der Waals surface area contributed by atoms with Gasteiger partial charge in [0.05, 0.1) is 33.5 Å². The summed E-state index contributed by atoms with van der Waals surface area (Å²) in [5, 5.41) is 3.46. The van der Waals surface area contributed by atoms with Crippen molar-refractivity contribution in [1.82, 2.24) is 15.1 Å². The predicted octanol–water partition coefficient (Wildman–Crippen LogP) is 2.58. The molecule has 2 heterocycles. The quantitative estimate of drug-likeness (QED) is 0.340. The molecule has 0 bridgehead atoms. The van der Waals surface area contributed by atoms with Crippen molar-refractivity contribution in [1.29, 1.82) is 0 Å². The van der Waals surface area contributed by atoms with Gasteiger partial charge in [-0.3, -0.25) is 4.90 Å². The molecule has 2 aliphatic rings. The van der Waals surface area contributed by atoms with Gasteiger partial charge in [0, 0.05) is 38.8 Å². The van der Waals surface area contributed by atoms with E-state index in [-0.39, 0.29) is 24.0 Å². The van der Waals surface area contributed by atoms with E-state index in [1.165, 1.54) is 6.42 Å². The van der Waals surface area contributed by atoms with Crippen LogP contribution >= 0.6 is 24.0 Å². The zero-order valence-corrected chi connectivity index (χ0v) is 20.2. The fraction of sp³-hybridized carbons (Fsp3) is 0.667. The first-order valence-corrected chi connectivity index (χ1v) is 10.4. The highest BCUT2D eigenvalue weighted by molar-refractivity contribution is 14.0. The van der Waals surface area contributed by atoms with Gasteiger partial charge in [-0.15, -0.1) is 24.0 Å². The normalized spacial score (nSPS) is 20.3. The largest absolute Gasteiger partial charge is 0.493 e. The van der Waals surface area contributed by atoms with E-state index in [2.05, 4.69) is 28.1 Å². The second kappa shape index (κ2) is 12.4. The van der Waals surface area contributed by atoms with Gasteiger partial charge in [0.25, 0.3) is 0 Å². The summed E-state index contributed by atoms with van der Waals surface area (Å²) >= 11 is 0. The van der Waals surface area contributed by atoms with Crippen LogP contribution in [0.2, 0.25) is 0 Å². The van der Waals surface area contributed by atoms with Crippen molar-refractivity contribution in [3.8, 4) is 11.5 Å². The van der Waals surface area contributed by atoms with Gasteiger partial charge in [-0.05, 0) is 38.0 Å². The van der Waals surface area contributed by atoms with Crippen LogP contribution in [0, 0.1) is 0 Å². The van der Waals surface area contributed by atoms with Crippen molar-refractivity contribution in [2.24, 2.45) is 4.99 Å². The molecule has 1 aromatic carbocycles. The van der Waals surface area contributed by atoms with Crippen molar-refractivity contribution in [3.63, 3.8) is 0 Å². The SMILES string of the molecule is CCNC(=NCc1ccc(OC)c(OCC)c1)N1CCC(N2CCOCC2)C1.I. The first-order valence-electron chi connectivity index (χ1n) is 10.4. The molecule has 1 atom stereocenters. The summed E-state index contributed by atoms with van der Waals surface area (Å²) in [6.07, 6.45) is 1.18. The first kappa shape index (κ1) is 24.0. The second-order valence-electron chi connectivity index (χ2n) is 7.13. The summed E-state index contributed by atoms with van der Waals surface area (Å²) in [6, 6.07) is 6.62.